The molecule has 0 aromatic carbocycles. The van der Waals surface area contributed by atoms with Gasteiger partial charge in [0.05, 0.1) is 5.01 Å². The Labute approximate surface area is 78.8 Å². The quantitative estimate of drug-likeness (QED) is 0.693. The Hall–Kier alpha value is -0.370. The van der Waals surface area contributed by atoms with Crippen LogP contribution in [0.4, 0.5) is 0 Å². The number of hydrogen-bond acceptors (Lipinski definition) is 2. The molecule has 68 valence electrons. The highest BCUT2D eigenvalue weighted by atomic mass is 32.1. The minimum Gasteiger partial charge on any atom is -0.249 e. The van der Waals surface area contributed by atoms with Gasteiger partial charge in [0.1, 0.15) is 0 Å². The van der Waals surface area contributed by atoms with Crippen LogP contribution in [0.1, 0.15) is 48.9 Å². The SMILES string of the molecule is CCCCC(C)c1ncc(C)s1. The van der Waals surface area contributed by atoms with Crippen molar-refractivity contribution in [3.8, 4) is 0 Å². The highest BCUT2D eigenvalue weighted by Crippen LogP contribution is 2.25. The van der Waals surface area contributed by atoms with Crippen molar-refractivity contribution < 1.29 is 0 Å². The van der Waals surface area contributed by atoms with E-state index >= 15 is 0 Å². The summed E-state index contributed by atoms with van der Waals surface area (Å²) < 4.78 is 0. The standard InChI is InChI=1S/C10H17NS/c1-4-5-6-8(2)10-11-7-9(3)12-10/h7-8H,4-6H2,1-3H3. The van der Waals surface area contributed by atoms with Crippen molar-refractivity contribution in [3.63, 3.8) is 0 Å². The molecule has 0 aliphatic rings. The molecule has 1 aromatic rings. The van der Waals surface area contributed by atoms with Gasteiger partial charge in [0, 0.05) is 17.0 Å². The molecule has 0 saturated carbocycles. The third kappa shape index (κ3) is 2.59. The second-order valence-electron chi connectivity index (χ2n) is 3.35. The van der Waals surface area contributed by atoms with Gasteiger partial charge in [-0.05, 0) is 13.3 Å². The van der Waals surface area contributed by atoms with Crippen molar-refractivity contribution in [2.45, 2.75) is 46.0 Å². The molecule has 1 atom stereocenters. The summed E-state index contributed by atoms with van der Waals surface area (Å²) in [6.07, 6.45) is 5.86. The molecule has 0 aliphatic heterocycles. The minimum absolute atomic E-state index is 0.656. The van der Waals surface area contributed by atoms with Crippen LogP contribution in [-0.2, 0) is 0 Å². The van der Waals surface area contributed by atoms with E-state index in [1.807, 2.05) is 17.5 Å². The van der Waals surface area contributed by atoms with Crippen LogP contribution >= 0.6 is 11.3 Å². The number of thiazole rings is 1. The topological polar surface area (TPSA) is 12.9 Å². The first kappa shape index (κ1) is 9.72. The molecule has 12 heavy (non-hydrogen) atoms. The van der Waals surface area contributed by atoms with Gasteiger partial charge in [-0.1, -0.05) is 26.7 Å². The van der Waals surface area contributed by atoms with E-state index in [9.17, 15) is 0 Å². The average Bonchev–Trinajstić information content (AvgIpc) is 2.47. The van der Waals surface area contributed by atoms with Gasteiger partial charge in [-0.2, -0.15) is 0 Å². The number of rotatable bonds is 4. The summed E-state index contributed by atoms with van der Waals surface area (Å²) in [5.74, 6) is 0.656. The molecular weight excluding hydrogens is 166 g/mol. The lowest BCUT2D eigenvalue weighted by Gasteiger charge is -2.05. The normalized spacial score (nSPS) is 13.2. The zero-order chi connectivity index (χ0) is 8.97. The van der Waals surface area contributed by atoms with Crippen LogP contribution in [0.15, 0.2) is 6.20 Å². The van der Waals surface area contributed by atoms with Gasteiger partial charge in [-0.3, -0.25) is 0 Å². The largest absolute Gasteiger partial charge is 0.249 e. The molecule has 0 N–H and O–H groups in total. The van der Waals surface area contributed by atoms with Gasteiger partial charge >= 0.3 is 0 Å². The molecule has 0 saturated heterocycles. The molecule has 0 aliphatic carbocycles. The Bertz CT molecular complexity index is 229. The maximum Gasteiger partial charge on any atom is 0.0955 e. The van der Waals surface area contributed by atoms with E-state index in [-0.39, 0.29) is 0 Å². The molecular formula is C10H17NS. The summed E-state index contributed by atoms with van der Waals surface area (Å²) in [7, 11) is 0. The molecule has 1 aromatic heterocycles. The van der Waals surface area contributed by atoms with Crippen molar-refractivity contribution in [3.05, 3.63) is 16.1 Å². The van der Waals surface area contributed by atoms with Crippen LogP contribution in [-0.4, -0.2) is 4.98 Å². The van der Waals surface area contributed by atoms with E-state index in [0.717, 1.165) is 0 Å². The molecule has 1 nitrogen and oxygen atoms in total. The third-order valence-corrected chi connectivity index (χ3v) is 3.20. The highest BCUT2D eigenvalue weighted by Gasteiger charge is 2.07. The lowest BCUT2D eigenvalue weighted by atomic mass is 10.1. The Morgan fingerprint density at radius 1 is 1.58 bits per heavy atom. The Balaban J connectivity index is 2.47. The van der Waals surface area contributed by atoms with Crippen molar-refractivity contribution in [1.29, 1.82) is 0 Å². The summed E-state index contributed by atoms with van der Waals surface area (Å²) in [5, 5.41) is 1.31. The predicted molar refractivity (Wildman–Crippen MR) is 54.8 cm³/mol. The summed E-state index contributed by atoms with van der Waals surface area (Å²) in [6, 6.07) is 0. The zero-order valence-electron chi connectivity index (χ0n) is 8.13. The zero-order valence-corrected chi connectivity index (χ0v) is 8.95. The van der Waals surface area contributed by atoms with Crippen LogP contribution in [0.3, 0.4) is 0 Å². The molecule has 1 heterocycles. The number of aromatic nitrogens is 1. The highest BCUT2D eigenvalue weighted by molar-refractivity contribution is 7.11. The maximum atomic E-state index is 4.39. The van der Waals surface area contributed by atoms with Gasteiger partial charge in [-0.15, -0.1) is 11.3 Å². The number of nitrogens with zero attached hydrogens (tertiary/aromatic N) is 1. The molecule has 1 unspecified atom stereocenters. The smallest absolute Gasteiger partial charge is 0.0955 e. The monoisotopic (exact) mass is 183 g/mol. The number of hydrogen-bond donors (Lipinski definition) is 0. The van der Waals surface area contributed by atoms with E-state index in [1.54, 1.807) is 0 Å². The van der Waals surface area contributed by atoms with Crippen LogP contribution in [0.2, 0.25) is 0 Å². The van der Waals surface area contributed by atoms with Crippen molar-refractivity contribution in [2.24, 2.45) is 0 Å². The first-order valence-electron chi connectivity index (χ1n) is 4.66. The lowest BCUT2D eigenvalue weighted by molar-refractivity contribution is 0.621. The van der Waals surface area contributed by atoms with Crippen molar-refractivity contribution in [1.82, 2.24) is 4.98 Å². The third-order valence-electron chi connectivity index (χ3n) is 2.05. The lowest BCUT2D eigenvalue weighted by Crippen LogP contribution is -1.91. The molecule has 0 bridgehead atoms. The Kier molecular flexibility index (Phi) is 3.73. The van der Waals surface area contributed by atoms with Gasteiger partial charge < -0.3 is 0 Å². The number of aryl methyl sites for hydroxylation is 1. The molecule has 0 spiro atoms. The van der Waals surface area contributed by atoms with Crippen LogP contribution in [0, 0.1) is 6.92 Å². The van der Waals surface area contributed by atoms with E-state index in [1.165, 1.54) is 29.1 Å². The fraction of sp³-hybridized carbons (Fsp3) is 0.700. The first-order chi connectivity index (χ1) is 5.74. The van der Waals surface area contributed by atoms with Gasteiger partial charge in [0.15, 0.2) is 0 Å². The maximum absolute atomic E-state index is 4.39. The minimum atomic E-state index is 0.656. The second-order valence-corrected chi connectivity index (χ2v) is 4.62. The van der Waals surface area contributed by atoms with Crippen LogP contribution < -0.4 is 0 Å². The molecule has 2 heteroatoms. The fourth-order valence-electron chi connectivity index (χ4n) is 1.23. The molecule has 0 radical (unpaired) electrons. The average molecular weight is 183 g/mol. The molecule has 0 fully saturated rings. The fourth-order valence-corrected chi connectivity index (χ4v) is 2.09. The van der Waals surface area contributed by atoms with Gasteiger partial charge in [-0.25, -0.2) is 4.98 Å². The first-order valence-corrected chi connectivity index (χ1v) is 5.48. The van der Waals surface area contributed by atoms with Crippen molar-refractivity contribution in [2.75, 3.05) is 0 Å². The number of unbranched alkanes of at least 4 members (excludes halogenated alkanes) is 1. The van der Waals surface area contributed by atoms with Crippen molar-refractivity contribution >= 4 is 11.3 Å². The Morgan fingerprint density at radius 3 is 2.83 bits per heavy atom. The van der Waals surface area contributed by atoms with E-state index in [4.69, 9.17) is 0 Å². The second kappa shape index (κ2) is 4.61. The van der Waals surface area contributed by atoms with Crippen LogP contribution in [0.25, 0.3) is 0 Å². The van der Waals surface area contributed by atoms with Gasteiger partial charge in [0.2, 0.25) is 0 Å². The molecule has 1 rings (SSSR count). The van der Waals surface area contributed by atoms with E-state index < -0.39 is 0 Å². The van der Waals surface area contributed by atoms with Crippen LogP contribution in [0.5, 0.6) is 0 Å². The summed E-state index contributed by atoms with van der Waals surface area (Å²) in [6.45, 7) is 6.63. The van der Waals surface area contributed by atoms with Gasteiger partial charge in [0.25, 0.3) is 0 Å². The summed E-state index contributed by atoms with van der Waals surface area (Å²) >= 11 is 1.84. The van der Waals surface area contributed by atoms with E-state index in [0.29, 0.717) is 5.92 Å². The molecule has 0 amide bonds. The Morgan fingerprint density at radius 2 is 2.33 bits per heavy atom. The predicted octanol–water partition coefficient (Wildman–Crippen LogP) is 3.75. The summed E-state index contributed by atoms with van der Waals surface area (Å²) in [4.78, 5) is 5.71. The van der Waals surface area contributed by atoms with E-state index in [2.05, 4.69) is 25.8 Å². The summed E-state index contributed by atoms with van der Waals surface area (Å²) in [5.41, 5.74) is 0.